The number of phenolic OH excluding ortho intramolecular Hbond substituents is 3. The summed E-state index contributed by atoms with van der Waals surface area (Å²) < 4.78 is 16.8. The third-order valence-corrected chi connectivity index (χ3v) is 5.73. The van der Waals surface area contributed by atoms with Crippen molar-refractivity contribution in [3.05, 3.63) is 70.8 Å². The summed E-state index contributed by atoms with van der Waals surface area (Å²) in [5.74, 6) is 1.41. The molecule has 2 atom stereocenters. The third kappa shape index (κ3) is 3.24. The van der Waals surface area contributed by atoms with Crippen molar-refractivity contribution in [2.24, 2.45) is 0 Å². The van der Waals surface area contributed by atoms with Crippen LogP contribution in [-0.2, 0) is 0 Å². The molecule has 0 fully saturated rings. The van der Waals surface area contributed by atoms with Crippen molar-refractivity contribution in [2.45, 2.75) is 18.8 Å². The molecule has 3 N–H and O–H groups in total. The largest absolute Gasteiger partial charge is 0.508 e. The second-order valence-corrected chi connectivity index (χ2v) is 7.39. The van der Waals surface area contributed by atoms with Crippen LogP contribution in [0.15, 0.2) is 48.5 Å². The van der Waals surface area contributed by atoms with E-state index in [-0.39, 0.29) is 29.1 Å². The zero-order valence-corrected chi connectivity index (χ0v) is 17.0. The van der Waals surface area contributed by atoms with Crippen molar-refractivity contribution < 1.29 is 29.5 Å². The van der Waals surface area contributed by atoms with Gasteiger partial charge in [0.15, 0.2) is 11.5 Å². The van der Waals surface area contributed by atoms with Gasteiger partial charge < -0.3 is 29.5 Å². The normalized spacial score (nSPS) is 17.7. The lowest BCUT2D eigenvalue weighted by molar-refractivity contribution is 0.244. The summed E-state index contributed by atoms with van der Waals surface area (Å²) in [5.41, 5.74) is 3.52. The first kappa shape index (κ1) is 19.8. The summed E-state index contributed by atoms with van der Waals surface area (Å²) in [6.45, 7) is 2.19. The van der Waals surface area contributed by atoms with E-state index in [9.17, 15) is 15.3 Å². The van der Waals surface area contributed by atoms with Gasteiger partial charge in [-0.2, -0.15) is 0 Å². The van der Waals surface area contributed by atoms with E-state index in [1.807, 2.05) is 25.1 Å². The third-order valence-electron chi connectivity index (χ3n) is 5.73. The highest BCUT2D eigenvalue weighted by Crippen LogP contribution is 2.50. The van der Waals surface area contributed by atoms with Gasteiger partial charge in [-0.1, -0.05) is 18.2 Å². The van der Waals surface area contributed by atoms with Crippen molar-refractivity contribution >= 4 is 0 Å². The average Bonchev–Trinajstić information content (AvgIpc) is 2.76. The minimum Gasteiger partial charge on any atom is -0.508 e. The number of rotatable bonds is 4. The Kier molecular flexibility index (Phi) is 5.08. The smallest absolute Gasteiger partial charge is 0.200 e. The van der Waals surface area contributed by atoms with Gasteiger partial charge in [0.2, 0.25) is 5.75 Å². The van der Waals surface area contributed by atoms with Crippen LogP contribution in [0.25, 0.3) is 0 Å². The number of benzene rings is 3. The van der Waals surface area contributed by atoms with Crippen LogP contribution in [-0.4, -0.2) is 36.1 Å². The first-order chi connectivity index (χ1) is 14.4. The molecule has 0 radical (unpaired) electrons. The standard InChI is InChI=1S/C24H24O6/c1-13-19(26)9-8-17-22(14-4-6-16(25)7-5-14)18(12-30-24(13)17)15-10-20(28-2)23(27)21(11-15)29-3/h4-11,18,22,25-27H,12H2,1-3H3/t18-,22-/m1/s1. The lowest BCUT2D eigenvalue weighted by atomic mass is 9.75. The fraction of sp³-hybridized carbons (Fsp3) is 0.250. The van der Waals surface area contributed by atoms with Gasteiger partial charge in [-0.25, -0.2) is 0 Å². The molecule has 3 aromatic rings. The zero-order chi connectivity index (χ0) is 21.4. The average molecular weight is 408 g/mol. The van der Waals surface area contributed by atoms with Crippen molar-refractivity contribution in [3.8, 4) is 34.5 Å². The van der Waals surface area contributed by atoms with Crippen LogP contribution in [0.5, 0.6) is 34.5 Å². The zero-order valence-electron chi connectivity index (χ0n) is 17.0. The summed E-state index contributed by atoms with van der Waals surface area (Å²) in [6, 6.07) is 14.2. The number of fused-ring (bicyclic) bond motifs is 1. The van der Waals surface area contributed by atoms with Gasteiger partial charge in [0.05, 0.1) is 20.8 Å². The fourth-order valence-electron chi connectivity index (χ4n) is 4.13. The molecule has 3 aromatic carbocycles. The molecule has 6 heteroatoms. The summed E-state index contributed by atoms with van der Waals surface area (Å²) >= 11 is 0. The number of phenols is 3. The monoisotopic (exact) mass is 408 g/mol. The van der Waals surface area contributed by atoms with E-state index in [2.05, 4.69) is 0 Å². The molecule has 156 valence electrons. The molecular formula is C24H24O6. The molecule has 0 unspecified atom stereocenters. The molecule has 1 aliphatic heterocycles. The highest BCUT2D eigenvalue weighted by molar-refractivity contribution is 5.58. The maximum atomic E-state index is 10.3. The van der Waals surface area contributed by atoms with Crippen LogP contribution in [0.2, 0.25) is 0 Å². The van der Waals surface area contributed by atoms with Crippen LogP contribution in [0.3, 0.4) is 0 Å². The van der Waals surface area contributed by atoms with E-state index >= 15 is 0 Å². The highest BCUT2D eigenvalue weighted by atomic mass is 16.5. The van der Waals surface area contributed by atoms with E-state index in [4.69, 9.17) is 14.2 Å². The van der Waals surface area contributed by atoms with Gasteiger partial charge >= 0.3 is 0 Å². The lowest BCUT2D eigenvalue weighted by Crippen LogP contribution is -2.26. The Balaban J connectivity index is 1.91. The Morgan fingerprint density at radius 1 is 0.867 bits per heavy atom. The van der Waals surface area contributed by atoms with E-state index in [0.717, 1.165) is 16.7 Å². The Morgan fingerprint density at radius 3 is 2.10 bits per heavy atom. The molecule has 6 nitrogen and oxygen atoms in total. The summed E-state index contributed by atoms with van der Waals surface area (Å²) in [4.78, 5) is 0. The van der Waals surface area contributed by atoms with Crippen molar-refractivity contribution in [2.75, 3.05) is 20.8 Å². The summed E-state index contributed by atoms with van der Waals surface area (Å²) in [6.07, 6.45) is 0. The topological polar surface area (TPSA) is 88.4 Å². The van der Waals surface area contributed by atoms with Gasteiger partial charge in [0.1, 0.15) is 17.2 Å². The van der Waals surface area contributed by atoms with Crippen molar-refractivity contribution in [1.82, 2.24) is 0 Å². The minimum absolute atomic E-state index is 0.0529. The minimum atomic E-state index is -0.116. The maximum absolute atomic E-state index is 10.3. The molecule has 0 saturated heterocycles. The Hall–Kier alpha value is -3.54. The predicted octanol–water partition coefficient (Wildman–Crippen LogP) is 4.44. The molecule has 0 bridgehead atoms. The molecule has 0 saturated carbocycles. The fourth-order valence-corrected chi connectivity index (χ4v) is 4.13. The van der Waals surface area contributed by atoms with Gasteiger partial charge in [0.25, 0.3) is 0 Å². The van der Waals surface area contributed by atoms with E-state index in [1.54, 1.807) is 30.3 Å². The van der Waals surface area contributed by atoms with E-state index < -0.39 is 0 Å². The van der Waals surface area contributed by atoms with Crippen LogP contribution >= 0.6 is 0 Å². The molecule has 0 spiro atoms. The van der Waals surface area contributed by atoms with Gasteiger partial charge in [-0.15, -0.1) is 0 Å². The molecule has 1 aliphatic rings. The Labute approximate surface area is 174 Å². The van der Waals surface area contributed by atoms with Gasteiger partial charge in [-0.05, 0) is 48.4 Å². The van der Waals surface area contributed by atoms with E-state index in [1.165, 1.54) is 14.2 Å². The van der Waals surface area contributed by atoms with Crippen LogP contribution < -0.4 is 14.2 Å². The van der Waals surface area contributed by atoms with Crippen LogP contribution in [0, 0.1) is 6.92 Å². The SMILES string of the molecule is COc1cc([C@H]2COc3c(ccc(O)c3C)[C@H]2c2ccc(O)cc2)cc(OC)c1O. The van der Waals surface area contributed by atoms with Gasteiger partial charge in [-0.3, -0.25) is 0 Å². The molecule has 1 heterocycles. The van der Waals surface area contributed by atoms with E-state index in [0.29, 0.717) is 29.4 Å². The number of aromatic hydroxyl groups is 3. The van der Waals surface area contributed by atoms with Crippen LogP contribution in [0.1, 0.15) is 34.1 Å². The number of methoxy groups -OCH3 is 2. The maximum Gasteiger partial charge on any atom is 0.200 e. The molecule has 30 heavy (non-hydrogen) atoms. The predicted molar refractivity (Wildman–Crippen MR) is 112 cm³/mol. The second kappa shape index (κ2) is 7.71. The number of ether oxygens (including phenoxy) is 3. The molecule has 0 amide bonds. The van der Waals surface area contributed by atoms with Crippen molar-refractivity contribution in [3.63, 3.8) is 0 Å². The Morgan fingerprint density at radius 2 is 1.50 bits per heavy atom. The first-order valence-corrected chi connectivity index (χ1v) is 9.63. The summed E-state index contributed by atoms with van der Waals surface area (Å²) in [7, 11) is 2.99. The highest BCUT2D eigenvalue weighted by Gasteiger charge is 2.35. The second-order valence-electron chi connectivity index (χ2n) is 7.39. The lowest BCUT2D eigenvalue weighted by Gasteiger charge is -2.35. The number of hydrogen-bond acceptors (Lipinski definition) is 6. The molecular weight excluding hydrogens is 384 g/mol. The van der Waals surface area contributed by atoms with Crippen LogP contribution in [0.4, 0.5) is 0 Å². The molecule has 4 rings (SSSR count). The van der Waals surface area contributed by atoms with Gasteiger partial charge in [0, 0.05) is 23.0 Å². The summed E-state index contributed by atoms with van der Waals surface area (Å²) in [5, 5.41) is 30.2. The van der Waals surface area contributed by atoms with Crippen molar-refractivity contribution in [1.29, 1.82) is 0 Å². The molecule has 0 aliphatic carbocycles. The quantitative estimate of drug-likeness (QED) is 0.592. The Bertz CT molecular complexity index is 1050. The number of hydrogen-bond donors (Lipinski definition) is 3. The molecule has 0 aromatic heterocycles. The first-order valence-electron chi connectivity index (χ1n) is 9.63.